The Morgan fingerprint density at radius 2 is 2.05 bits per heavy atom. The van der Waals surface area contributed by atoms with E-state index in [2.05, 4.69) is 5.32 Å². The summed E-state index contributed by atoms with van der Waals surface area (Å²) in [6.45, 7) is 3.71. The van der Waals surface area contributed by atoms with Gasteiger partial charge in [0.25, 0.3) is 0 Å². The standard InChI is InChI=1S/C13H20N2O5S/c1-3-13(2,6-7-16)15-11-5-4-9(21(14,19)20)8-10(11)12(17)18/h4-5,8,15-16H,3,6-7H2,1-2H3,(H,17,18)(H2,14,19,20). The number of aliphatic hydroxyl groups excluding tert-OH is 1. The maximum atomic E-state index is 11.3. The number of nitrogens with one attached hydrogen (secondary N) is 1. The normalized spacial score (nSPS) is 14.5. The summed E-state index contributed by atoms with van der Waals surface area (Å²) in [5.41, 5.74) is -0.394. The highest BCUT2D eigenvalue weighted by atomic mass is 32.2. The smallest absolute Gasteiger partial charge is 0.337 e. The van der Waals surface area contributed by atoms with Gasteiger partial charge in [0.05, 0.1) is 10.5 Å². The van der Waals surface area contributed by atoms with Gasteiger partial charge in [-0.05, 0) is 38.0 Å². The van der Waals surface area contributed by atoms with Crippen LogP contribution >= 0.6 is 0 Å². The number of carboxylic acid groups (broad SMARTS) is 1. The number of hydrogen-bond acceptors (Lipinski definition) is 5. The maximum Gasteiger partial charge on any atom is 0.337 e. The van der Waals surface area contributed by atoms with E-state index >= 15 is 0 Å². The molecule has 1 atom stereocenters. The van der Waals surface area contributed by atoms with Gasteiger partial charge in [0.2, 0.25) is 10.0 Å². The van der Waals surface area contributed by atoms with E-state index in [4.69, 9.17) is 10.2 Å². The van der Waals surface area contributed by atoms with Crippen molar-refractivity contribution in [3.8, 4) is 0 Å². The van der Waals surface area contributed by atoms with Crippen molar-refractivity contribution in [3.63, 3.8) is 0 Å². The molecule has 0 aliphatic heterocycles. The van der Waals surface area contributed by atoms with E-state index in [1.165, 1.54) is 12.1 Å². The van der Waals surface area contributed by atoms with Gasteiger partial charge in [0, 0.05) is 17.8 Å². The number of aromatic carboxylic acids is 1. The van der Waals surface area contributed by atoms with Gasteiger partial charge < -0.3 is 15.5 Å². The fourth-order valence-corrected chi connectivity index (χ4v) is 2.43. The topological polar surface area (TPSA) is 130 Å². The van der Waals surface area contributed by atoms with Crippen molar-refractivity contribution in [2.45, 2.75) is 37.1 Å². The number of nitrogens with two attached hydrogens (primary N) is 1. The SMILES string of the molecule is CCC(C)(CCO)Nc1ccc(S(N)(=O)=O)cc1C(=O)O. The molecule has 1 aromatic rings. The average molecular weight is 316 g/mol. The molecule has 0 saturated heterocycles. The minimum absolute atomic E-state index is 0.0466. The summed E-state index contributed by atoms with van der Waals surface area (Å²) in [6, 6.07) is 3.64. The first-order chi connectivity index (χ1) is 9.63. The lowest BCUT2D eigenvalue weighted by molar-refractivity contribution is 0.0697. The van der Waals surface area contributed by atoms with Crippen LogP contribution in [-0.2, 0) is 10.0 Å². The zero-order chi connectivity index (χ0) is 16.3. The minimum Gasteiger partial charge on any atom is -0.478 e. The Hall–Kier alpha value is -1.64. The molecule has 5 N–H and O–H groups in total. The van der Waals surface area contributed by atoms with Crippen molar-refractivity contribution >= 4 is 21.7 Å². The molecule has 0 heterocycles. The fraction of sp³-hybridized carbons (Fsp3) is 0.462. The molecule has 1 aromatic carbocycles. The number of carbonyl (C=O) groups is 1. The molecule has 0 aliphatic carbocycles. The Balaban J connectivity index is 3.28. The summed E-state index contributed by atoms with van der Waals surface area (Å²) in [4.78, 5) is 11.0. The van der Waals surface area contributed by atoms with E-state index in [9.17, 15) is 18.3 Å². The van der Waals surface area contributed by atoms with Crippen LogP contribution in [0.4, 0.5) is 5.69 Å². The third-order valence-corrected chi connectivity index (χ3v) is 4.34. The van der Waals surface area contributed by atoms with Crippen LogP contribution in [0.5, 0.6) is 0 Å². The Labute approximate surface area is 123 Å². The lowest BCUT2D eigenvalue weighted by atomic mass is 9.94. The first-order valence-corrected chi connectivity index (χ1v) is 7.97. The van der Waals surface area contributed by atoms with Crippen LogP contribution in [0.1, 0.15) is 37.0 Å². The second-order valence-electron chi connectivity index (χ2n) is 5.07. The second-order valence-corrected chi connectivity index (χ2v) is 6.63. The van der Waals surface area contributed by atoms with Crippen molar-refractivity contribution in [1.29, 1.82) is 0 Å². The molecule has 1 unspecified atom stereocenters. The van der Waals surface area contributed by atoms with Gasteiger partial charge in [0.15, 0.2) is 0 Å². The summed E-state index contributed by atoms with van der Waals surface area (Å²) in [5, 5.41) is 26.4. The number of anilines is 1. The lowest BCUT2D eigenvalue weighted by Crippen LogP contribution is -2.35. The fourth-order valence-electron chi connectivity index (χ4n) is 1.89. The molecule has 0 saturated carbocycles. The van der Waals surface area contributed by atoms with Gasteiger partial charge in [-0.15, -0.1) is 0 Å². The largest absolute Gasteiger partial charge is 0.478 e. The molecular formula is C13H20N2O5S. The summed E-state index contributed by atoms with van der Waals surface area (Å²) < 4.78 is 22.6. The van der Waals surface area contributed by atoms with Crippen molar-refractivity contribution in [2.24, 2.45) is 5.14 Å². The molecule has 1 rings (SSSR count). The molecule has 0 radical (unpaired) electrons. The second kappa shape index (κ2) is 6.42. The lowest BCUT2D eigenvalue weighted by Gasteiger charge is -2.31. The molecule has 118 valence electrons. The number of carboxylic acids is 1. The van der Waals surface area contributed by atoms with E-state index in [0.29, 0.717) is 12.8 Å². The van der Waals surface area contributed by atoms with Gasteiger partial charge in [-0.3, -0.25) is 0 Å². The van der Waals surface area contributed by atoms with Crippen molar-refractivity contribution in [2.75, 3.05) is 11.9 Å². The minimum atomic E-state index is -3.97. The predicted molar refractivity (Wildman–Crippen MR) is 78.8 cm³/mol. The van der Waals surface area contributed by atoms with Gasteiger partial charge in [-0.1, -0.05) is 6.92 Å². The first kappa shape index (κ1) is 17.4. The van der Waals surface area contributed by atoms with Crippen molar-refractivity contribution < 1.29 is 23.4 Å². The number of sulfonamides is 1. The number of rotatable bonds is 7. The summed E-state index contributed by atoms with van der Waals surface area (Å²) in [7, 11) is -3.97. The molecule has 21 heavy (non-hydrogen) atoms. The third kappa shape index (κ3) is 4.42. The van der Waals surface area contributed by atoms with Gasteiger partial charge >= 0.3 is 5.97 Å². The van der Waals surface area contributed by atoms with Crippen molar-refractivity contribution in [3.05, 3.63) is 23.8 Å². The van der Waals surface area contributed by atoms with Crippen LogP contribution in [0.2, 0.25) is 0 Å². The first-order valence-electron chi connectivity index (χ1n) is 6.42. The maximum absolute atomic E-state index is 11.3. The van der Waals surface area contributed by atoms with Crippen LogP contribution < -0.4 is 10.5 Å². The van der Waals surface area contributed by atoms with E-state index in [-0.39, 0.29) is 22.8 Å². The Morgan fingerprint density at radius 3 is 2.48 bits per heavy atom. The number of aliphatic hydroxyl groups is 1. The zero-order valence-electron chi connectivity index (χ0n) is 12.0. The van der Waals surface area contributed by atoms with Crippen LogP contribution in [0, 0.1) is 0 Å². The number of primary sulfonamides is 1. The highest BCUT2D eigenvalue weighted by Crippen LogP contribution is 2.26. The van der Waals surface area contributed by atoms with Gasteiger partial charge in [-0.25, -0.2) is 18.4 Å². The summed E-state index contributed by atoms with van der Waals surface area (Å²) in [6.07, 6.45) is 1.09. The summed E-state index contributed by atoms with van der Waals surface area (Å²) in [5.74, 6) is -1.26. The predicted octanol–water partition coefficient (Wildman–Crippen LogP) is 0.995. The highest BCUT2D eigenvalue weighted by molar-refractivity contribution is 7.89. The van der Waals surface area contributed by atoms with E-state index < -0.39 is 21.5 Å². The molecule has 0 aliphatic rings. The molecule has 8 heteroatoms. The number of benzene rings is 1. The molecule has 0 bridgehead atoms. The highest BCUT2D eigenvalue weighted by Gasteiger charge is 2.24. The summed E-state index contributed by atoms with van der Waals surface area (Å²) >= 11 is 0. The van der Waals surface area contributed by atoms with Gasteiger partial charge in [-0.2, -0.15) is 0 Å². The third-order valence-electron chi connectivity index (χ3n) is 3.43. The van der Waals surface area contributed by atoms with Gasteiger partial charge in [0.1, 0.15) is 0 Å². The molecule has 0 fully saturated rings. The van der Waals surface area contributed by atoms with Crippen LogP contribution in [0.25, 0.3) is 0 Å². The van der Waals surface area contributed by atoms with Crippen LogP contribution in [-0.4, -0.2) is 36.7 Å². The molecular weight excluding hydrogens is 296 g/mol. The average Bonchev–Trinajstić information content (AvgIpc) is 2.37. The van der Waals surface area contributed by atoms with Crippen LogP contribution in [0.15, 0.2) is 23.1 Å². The van der Waals surface area contributed by atoms with Crippen LogP contribution in [0.3, 0.4) is 0 Å². The quantitative estimate of drug-likeness (QED) is 0.593. The van der Waals surface area contributed by atoms with Crippen molar-refractivity contribution in [1.82, 2.24) is 0 Å². The molecule has 0 spiro atoms. The monoisotopic (exact) mass is 316 g/mol. The Morgan fingerprint density at radius 1 is 1.43 bits per heavy atom. The molecule has 0 aromatic heterocycles. The zero-order valence-corrected chi connectivity index (χ0v) is 12.8. The van der Waals surface area contributed by atoms with E-state index in [1.54, 1.807) is 0 Å². The van der Waals surface area contributed by atoms with E-state index in [1.807, 2.05) is 13.8 Å². The van der Waals surface area contributed by atoms with E-state index in [0.717, 1.165) is 6.07 Å². The Bertz CT molecular complexity index is 629. The number of hydrogen-bond donors (Lipinski definition) is 4. The molecule has 7 nitrogen and oxygen atoms in total. The molecule has 0 amide bonds. The Kier molecular flexibility index (Phi) is 5.32.